The van der Waals surface area contributed by atoms with Crippen LogP contribution in [0.25, 0.3) is 16.7 Å². The summed E-state index contributed by atoms with van der Waals surface area (Å²) in [6.07, 6.45) is 5.10. The second-order valence-corrected chi connectivity index (χ2v) is 8.63. The number of amides is 1. The largest absolute Gasteiger partial charge is 0.496 e. The van der Waals surface area contributed by atoms with Crippen molar-refractivity contribution in [2.45, 2.75) is 26.3 Å². The predicted octanol–water partition coefficient (Wildman–Crippen LogP) is 3.67. The molecule has 1 saturated heterocycles. The Kier molecular flexibility index (Phi) is 6.12. The molecule has 0 spiro atoms. The van der Waals surface area contributed by atoms with Crippen LogP contribution in [0.5, 0.6) is 5.75 Å². The van der Waals surface area contributed by atoms with Crippen molar-refractivity contribution in [2.75, 3.05) is 25.1 Å². The second kappa shape index (κ2) is 9.51. The van der Waals surface area contributed by atoms with Gasteiger partial charge in [0.2, 0.25) is 5.91 Å². The van der Waals surface area contributed by atoms with E-state index in [9.17, 15) is 4.79 Å². The lowest BCUT2D eigenvalue weighted by Crippen LogP contribution is -2.40. The van der Waals surface area contributed by atoms with Crippen LogP contribution in [-0.4, -0.2) is 45.9 Å². The number of hydrogen-bond donors (Lipinski definition) is 1. The fourth-order valence-electron chi connectivity index (χ4n) is 4.44. The van der Waals surface area contributed by atoms with Gasteiger partial charge in [0.15, 0.2) is 5.65 Å². The van der Waals surface area contributed by atoms with E-state index in [1.54, 1.807) is 13.4 Å². The molecule has 174 valence electrons. The van der Waals surface area contributed by atoms with Gasteiger partial charge >= 0.3 is 0 Å². The average Bonchev–Trinajstić information content (AvgIpc) is 3.32. The Morgan fingerprint density at radius 1 is 1.09 bits per heavy atom. The van der Waals surface area contributed by atoms with Crippen LogP contribution in [0.15, 0.2) is 61.1 Å². The molecule has 1 amide bonds. The summed E-state index contributed by atoms with van der Waals surface area (Å²) in [6, 6.07) is 16.0. The molecule has 1 fully saturated rings. The second-order valence-electron chi connectivity index (χ2n) is 8.63. The van der Waals surface area contributed by atoms with E-state index in [2.05, 4.69) is 44.3 Å². The van der Waals surface area contributed by atoms with E-state index in [0.717, 1.165) is 54.1 Å². The fraction of sp³-hybridized carbons (Fsp3) is 0.308. The van der Waals surface area contributed by atoms with Gasteiger partial charge in [0.05, 0.1) is 18.2 Å². The standard InChI is InChI=1S/C26H28N6O2/c1-18-7-9-21(10-8-18)32-16-22-24(30-32)28-17-29-25(22)31-13-11-19(12-14-31)26(33)27-15-20-5-3-4-6-23(20)34-2/h3-10,16-17,19H,11-15H2,1-2H3,(H,27,33). The summed E-state index contributed by atoms with van der Waals surface area (Å²) in [4.78, 5) is 24.0. The van der Waals surface area contributed by atoms with Crippen molar-refractivity contribution in [1.29, 1.82) is 0 Å². The number of aryl methyl sites for hydroxylation is 1. The number of benzene rings is 2. The summed E-state index contributed by atoms with van der Waals surface area (Å²) in [5, 5.41) is 8.64. The molecule has 2 aromatic heterocycles. The van der Waals surface area contributed by atoms with Gasteiger partial charge in [-0.05, 0) is 38.0 Å². The van der Waals surface area contributed by atoms with Gasteiger partial charge in [0, 0.05) is 37.3 Å². The number of carbonyl (C=O) groups is 1. The van der Waals surface area contributed by atoms with E-state index < -0.39 is 0 Å². The first kappa shape index (κ1) is 21.9. The average molecular weight is 457 g/mol. The molecule has 0 bridgehead atoms. The first-order valence-electron chi connectivity index (χ1n) is 11.5. The number of hydrogen-bond acceptors (Lipinski definition) is 6. The third-order valence-corrected chi connectivity index (χ3v) is 6.41. The lowest BCUT2D eigenvalue weighted by molar-refractivity contribution is -0.125. The van der Waals surface area contributed by atoms with E-state index in [1.165, 1.54) is 5.56 Å². The lowest BCUT2D eigenvalue weighted by atomic mass is 9.95. The van der Waals surface area contributed by atoms with E-state index in [-0.39, 0.29) is 11.8 Å². The highest BCUT2D eigenvalue weighted by atomic mass is 16.5. The van der Waals surface area contributed by atoms with E-state index in [4.69, 9.17) is 4.74 Å². The topological polar surface area (TPSA) is 85.2 Å². The Morgan fingerprint density at radius 2 is 1.85 bits per heavy atom. The lowest BCUT2D eigenvalue weighted by Gasteiger charge is -2.32. The van der Waals surface area contributed by atoms with Crippen LogP contribution in [-0.2, 0) is 11.3 Å². The van der Waals surface area contributed by atoms with E-state index in [0.29, 0.717) is 12.2 Å². The summed E-state index contributed by atoms with van der Waals surface area (Å²) in [5.74, 6) is 1.73. The number of methoxy groups -OCH3 is 1. The molecule has 0 unspecified atom stereocenters. The number of piperidine rings is 1. The van der Waals surface area contributed by atoms with Gasteiger partial charge in [0.1, 0.15) is 17.9 Å². The number of fused-ring (bicyclic) bond motifs is 1. The van der Waals surface area contributed by atoms with Crippen molar-refractivity contribution >= 4 is 22.8 Å². The highest BCUT2D eigenvalue weighted by Crippen LogP contribution is 2.28. The number of rotatable bonds is 6. The molecule has 8 heteroatoms. The first-order valence-corrected chi connectivity index (χ1v) is 11.5. The summed E-state index contributed by atoms with van der Waals surface area (Å²) >= 11 is 0. The van der Waals surface area contributed by atoms with Crippen molar-refractivity contribution in [3.8, 4) is 11.4 Å². The number of anilines is 1. The van der Waals surface area contributed by atoms with Crippen molar-refractivity contribution in [3.05, 3.63) is 72.2 Å². The van der Waals surface area contributed by atoms with Crippen LogP contribution >= 0.6 is 0 Å². The van der Waals surface area contributed by atoms with Gasteiger partial charge in [-0.25, -0.2) is 14.6 Å². The quantitative estimate of drug-likeness (QED) is 0.477. The van der Waals surface area contributed by atoms with Gasteiger partial charge in [-0.1, -0.05) is 35.9 Å². The summed E-state index contributed by atoms with van der Waals surface area (Å²) in [6.45, 7) is 4.05. The number of nitrogens with one attached hydrogen (secondary N) is 1. The molecule has 0 aliphatic carbocycles. The minimum atomic E-state index is -0.0152. The minimum Gasteiger partial charge on any atom is -0.496 e. The van der Waals surface area contributed by atoms with Gasteiger partial charge in [0.25, 0.3) is 0 Å². The van der Waals surface area contributed by atoms with Crippen LogP contribution in [0, 0.1) is 12.8 Å². The van der Waals surface area contributed by atoms with E-state index in [1.807, 2.05) is 47.3 Å². The molecule has 1 aliphatic heterocycles. The fourth-order valence-corrected chi connectivity index (χ4v) is 4.44. The molecule has 0 saturated carbocycles. The van der Waals surface area contributed by atoms with E-state index >= 15 is 0 Å². The van der Waals surface area contributed by atoms with Gasteiger partial charge in [-0.2, -0.15) is 0 Å². The van der Waals surface area contributed by atoms with Crippen LogP contribution in [0.4, 0.5) is 5.82 Å². The van der Waals surface area contributed by atoms with Gasteiger partial charge < -0.3 is 15.0 Å². The van der Waals surface area contributed by atoms with Crippen LogP contribution in [0.3, 0.4) is 0 Å². The van der Waals surface area contributed by atoms with Crippen LogP contribution < -0.4 is 15.0 Å². The highest BCUT2D eigenvalue weighted by molar-refractivity contribution is 5.87. The molecule has 1 N–H and O–H groups in total. The number of para-hydroxylation sites is 1. The molecule has 2 aromatic carbocycles. The molecule has 0 radical (unpaired) electrons. The zero-order valence-electron chi connectivity index (χ0n) is 19.4. The van der Waals surface area contributed by atoms with Crippen molar-refractivity contribution in [1.82, 2.24) is 25.1 Å². The van der Waals surface area contributed by atoms with Gasteiger partial charge in [-0.15, -0.1) is 5.10 Å². The molecule has 34 heavy (non-hydrogen) atoms. The molecule has 8 nitrogen and oxygen atoms in total. The SMILES string of the molecule is COc1ccccc1CNC(=O)C1CCN(c2ncnc3nn(-c4ccc(C)cc4)cc23)CC1. The maximum Gasteiger partial charge on any atom is 0.223 e. The molecule has 4 aromatic rings. The smallest absolute Gasteiger partial charge is 0.223 e. The zero-order valence-corrected chi connectivity index (χ0v) is 19.4. The Morgan fingerprint density at radius 3 is 2.62 bits per heavy atom. The van der Waals surface area contributed by atoms with Crippen LogP contribution in [0.2, 0.25) is 0 Å². The first-order chi connectivity index (χ1) is 16.6. The third-order valence-electron chi connectivity index (χ3n) is 6.41. The maximum atomic E-state index is 12.8. The molecular weight excluding hydrogens is 428 g/mol. The third kappa shape index (κ3) is 4.44. The normalized spacial score (nSPS) is 14.4. The van der Waals surface area contributed by atoms with Crippen molar-refractivity contribution in [3.63, 3.8) is 0 Å². The Hall–Kier alpha value is -3.94. The number of carbonyl (C=O) groups excluding carboxylic acids is 1. The highest BCUT2D eigenvalue weighted by Gasteiger charge is 2.27. The van der Waals surface area contributed by atoms with Crippen molar-refractivity contribution < 1.29 is 9.53 Å². The predicted molar refractivity (Wildman–Crippen MR) is 131 cm³/mol. The summed E-state index contributed by atoms with van der Waals surface area (Å²) in [5.41, 5.74) is 3.84. The Labute approximate surface area is 198 Å². The maximum absolute atomic E-state index is 12.8. The molecule has 3 heterocycles. The molecule has 5 rings (SSSR count). The minimum absolute atomic E-state index is 0.0152. The summed E-state index contributed by atoms with van der Waals surface area (Å²) in [7, 11) is 1.64. The molecule has 1 aliphatic rings. The number of nitrogens with zero attached hydrogens (tertiary/aromatic N) is 5. The summed E-state index contributed by atoms with van der Waals surface area (Å²) < 4.78 is 7.23. The zero-order chi connectivity index (χ0) is 23.5. The number of ether oxygens (including phenoxy) is 1. The van der Waals surface area contributed by atoms with Crippen molar-refractivity contribution in [2.24, 2.45) is 5.92 Å². The number of aromatic nitrogens is 4. The van der Waals surface area contributed by atoms with Crippen LogP contribution in [0.1, 0.15) is 24.0 Å². The Bertz CT molecular complexity index is 1290. The monoisotopic (exact) mass is 456 g/mol. The molecule has 0 atom stereocenters. The Balaban J connectivity index is 1.25. The van der Waals surface area contributed by atoms with Gasteiger partial charge in [-0.3, -0.25) is 4.79 Å². The molecular formula is C26H28N6O2.